The fraction of sp³-hybridized carbons (Fsp3) is 0.0164. The lowest BCUT2D eigenvalue weighted by molar-refractivity contribution is 0.669. The van der Waals surface area contributed by atoms with Gasteiger partial charge in [0.1, 0.15) is 11.2 Å². The van der Waals surface area contributed by atoms with E-state index >= 15 is 0 Å². The Hall–Kier alpha value is -9.20. The van der Waals surface area contributed by atoms with Crippen molar-refractivity contribution in [3.8, 4) is 90.6 Å². The van der Waals surface area contributed by atoms with Gasteiger partial charge in [-0.1, -0.05) is 200 Å². The monoisotopic (exact) mass is 868 g/mol. The predicted octanol–water partition coefficient (Wildman–Crippen LogP) is 14.3. The summed E-state index contributed by atoms with van der Waals surface area (Å²) in [5.74, 6) is 3.57. The van der Waals surface area contributed by atoms with E-state index in [0.29, 0.717) is 34.9 Å². The highest BCUT2D eigenvalue weighted by Crippen LogP contribution is 2.65. The maximum absolute atomic E-state index is 7.16. The van der Waals surface area contributed by atoms with Crippen LogP contribution in [0.25, 0.3) is 113 Å². The number of nitrogens with zero attached hydrogens (tertiary/aromatic N) is 6. The molecule has 3 aromatic heterocycles. The molecule has 2 aliphatic rings. The zero-order valence-corrected chi connectivity index (χ0v) is 36.4. The Labute approximate surface area is 391 Å². The summed E-state index contributed by atoms with van der Waals surface area (Å²) in [4.78, 5) is 31.2. The fourth-order valence-electron chi connectivity index (χ4n) is 10.7. The van der Waals surface area contributed by atoms with Gasteiger partial charge in [-0.3, -0.25) is 0 Å². The molecule has 0 unspecified atom stereocenters. The second-order valence-electron chi connectivity index (χ2n) is 17.3. The lowest BCUT2D eigenvalue weighted by atomic mass is 9.70. The normalized spacial score (nSPS) is 12.8. The van der Waals surface area contributed by atoms with E-state index in [2.05, 4.69) is 84.9 Å². The average molecular weight is 869 g/mol. The molecule has 0 radical (unpaired) electrons. The molecule has 3 heterocycles. The van der Waals surface area contributed by atoms with E-state index in [1.54, 1.807) is 0 Å². The van der Waals surface area contributed by atoms with Crippen molar-refractivity contribution in [3.05, 3.63) is 241 Å². The van der Waals surface area contributed by atoms with Gasteiger partial charge in [0, 0.05) is 49.7 Å². The van der Waals surface area contributed by atoms with Crippen LogP contribution in [0.2, 0.25) is 0 Å². The van der Waals surface area contributed by atoms with Gasteiger partial charge in [-0.05, 0) is 57.1 Å². The van der Waals surface area contributed by atoms with Gasteiger partial charge in [-0.15, -0.1) is 0 Å². The molecule has 2 aliphatic carbocycles. The van der Waals surface area contributed by atoms with E-state index in [4.69, 9.17) is 34.3 Å². The van der Waals surface area contributed by atoms with E-state index in [1.165, 1.54) is 22.3 Å². The molecule has 316 valence electrons. The lowest BCUT2D eigenvalue weighted by Gasteiger charge is -2.31. The standard InChI is InChI=1S/C61H36N6O/c1-5-19-37(20-6-1)55-62-56(38-21-7-2-8-22-38)65-59(64-55)41-33-34-44-49(35-41)61(47-30-16-13-27-42(47)43-28-14-17-31-48(43)61)50-36-46(52-45-29-15-18-32-51(45)68-54(52)53(44)50)60-66-57(39-23-9-3-10-24-39)63-58(67-60)40-25-11-4-12-26-40/h1-36H. The minimum absolute atomic E-state index is 0.565. The predicted molar refractivity (Wildman–Crippen MR) is 269 cm³/mol. The van der Waals surface area contributed by atoms with Gasteiger partial charge in [0.25, 0.3) is 0 Å². The highest BCUT2D eigenvalue weighted by atomic mass is 16.3. The number of furan rings is 1. The smallest absolute Gasteiger partial charge is 0.164 e. The van der Waals surface area contributed by atoms with Gasteiger partial charge in [0.05, 0.1) is 5.41 Å². The first-order valence-corrected chi connectivity index (χ1v) is 22.8. The van der Waals surface area contributed by atoms with Crippen LogP contribution in [0.15, 0.2) is 223 Å². The molecule has 0 atom stereocenters. The van der Waals surface area contributed by atoms with Gasteiger partial charge >= 0.3 is 0 Å². The first kappa shape index (κ1) is 38.1. The molecule has 0 saturated carbocycles. The summed E-state index contributed by atoms with van der Waals surface area (Å²) in [5, 5.41) is 1.94. The molecular formula is C61H36N6O. The number of para-hydroxylation sites is 1. The molecule has 0 fully saturated rings. The minimum atomic E-state index is -0.773. The number of fused-ring (bicyclic) bond motifs is 14. The van der Waals surface area contributed by atoms with Crippen LogP contribution in [-0.2, 0) is 5.41 Å². The number of rotatable bonds is 6. The maximum atomic E-state index is 7.16. The quantitative estimate of drug-likeness (QED) is 0.164. The molecular weight excluding hydrogens is 833 g/mol. The first-order valence-electron chi connectivity index (χ1n) is 22.8. The van der Waals surface area contributed by atoms with Crippen molar-refractivity contribution in [2.75, 3.05) is 0 Å². The number of hydrogen-bond donors (Lipinski definition) is 0. The van der Waals surface area contributed by atoms with E-state index in [0.717, 1.165) is 77.6 Å². The Bertz CT molecular complexity index is 3800. The summed E-state index contributed by atoms with van der Waals surface area (Å²) in [5.41, 5.74) is 15.3. The Morgan fingerprint density at radius 2 is 0.721 bits per heavy atom. The second kappa shape index (κ2) is 14.9. The third kappa shape index (κ3) is 5.66. The third-order valence-corrected chi connectivity index (χ3v) is 13.6. The zero-order chi connectivity index (χ0) is 44.8. The molecule has 1 spiro atoms. The second-order valence-corrected chi connectivity index (χ2v) is 17.3. The SMILES string of the molecule is c1ccc(-c2nc(-c3ccccc3)nc(-c3ccc4c(c3)C3(c5ccccc5-c5ccccc53)c3cc(-c5nc(-c6ccccc6)nc(-c6ccccc6)n5)c5c(oc6ccccc65)c3-4)n2)cc1. The maximum Gasteiger partial charge on any atom is 0.164 e. The van der Waals surface area contributed by atoms with Crippen LogP contribution in [0.4, 0.5) is 0 Å². The fourth-order valence-corrected chi connectivity index (χ4v) is 10.7. The number of aromatic nitrogens is 6. The lowest BCUT2D eigenvalue weighted by Crippen LogP contribution is -2.26. The van der Waals surface area contributed by atoms with Crippen molar-refractivity contribution in [1.82, 2.24) is 29.9 Å². The minimum Gasteiger partial charge on any atom is -0.455 e. The van der Waals surface area contributed by atoms with Crippen molar-refractivity contribution in [1.29, 1.82) is 0 Å². The van der Waals surface area contributed by atoms with Crippen LogP contribution in [-0.4, -0.2) is 29.9 Å². The molecule has 7 heteroatoms. The van der Waals surface area contributed by atoms with Crippen LogP contribution in [0, 0.1) is 0 Å². The van der Waals surface area contributed by atoms with Gasteiger partial charge in [0.2, 0.25) is 0 Å². The Morgan fingerprint density at radius 3 is 1.24 bits per heavy atom. The molecule has 0 saturated heterocycles. The van der Waals surface area contributed by atoms with E-state index in [1.807, 2.05) is 133 Å². The summed E-state index contributed by atoms with van der Waals surface area (Å²) >= 11 is 0. The average Bonchev–Trinajstić information content (AvgIpc) is 4.06. The highest BCUT2D eigenvalue weighted by Gasteiger charge is 2.53. The van der Waals surface area contributed by atoms with Gasteiger partial charge in [-0.2, -0.15) is 0 Å². The van der Waals surface area contributed by atoms with Crippen molar-refractivity contribution in [2.24, 2.45) is 0 Å². The summed E-state index contributed by atoms with van der Waals surface area (Å²) in [6.45, 7) is 0. The summed E-state index contributed by atoms with van der Waals surface area (Å²) in [6.07, 6.45) is 0. The topological polar surface area (TPSA) is 90.5 Å². The first-order chi connectivity index (χ1) is 33.7. The van der Waals surface area contributed by atoms with Crippen molar-refractivity contribution in [2.45, 2.75) is 5.41 Å². The molecule has 7 nitrogen and oxygen atoms in total. The van der Waals surface area contributed by atoms with Crippen LogP contribution >= 0.6 is 0 Å². The van der Waals surface area contributed by atoms with Crippen molar-refractivity contribution >= 4 is 21.9 Å². The summed E-state index contributed by atoms with van der Waals surface area (Å²) < 4.78 is 7.16. The molecule has 0 aliphatic heterocycles. The van der Waals surface area contributed by atoms with Crippen molar-refractivity contribution in [3.63, 3.8) is 0 Å². The number of benzene rings is 9. The molecule has 0 bridgehead atoms. The highest BCUT2D eigenvalue weighted by molar-refractivity contribution is 6.18. The molecule has 9 aromatic carbocycles. The van der Waals surface area contributed by atoms with Gasteiger partial charge in [0.15, 0.2) is 34.9 Å². The molecule has 0 N–H and O–H groups in total. The van der Waals surface area contributed by atoms with Crippen LogP contribution in [0.5, 0.6) is 0 Å². The van der Waals surface area contributed by atoms with Gasteiger partial charge < -0.3 is 4.42 Å². The molecule has 68 heavy (non-hydrogen) atoms. The molecule has 12 aromatic rings. The van der Waals surface area contributed by atoms with Crippen molar-refractivity contribution < 1.29 is 4.42 Å². The number of hydrogen-bond acceptors (Lipinski definition) is 7. The van der Waals surface area contributed by atoms with E-state index in [-0.39, 0.29) is 0 Å². The molecule has 0 amide bonds. The summed E-state index contributed by atoms with van der Waals surface area (Å²) in [7, 11) is 0. The van der Waals surface area contributed by atoms with Crippen LogP contribution in [0.3, 0.4) is 0 Å². The van der Waals surface area contributed by atoms with Gasteiger partial charge in [-0.25, -0.2) is 29.9 Å². The van der Waals surface area contributed by atoms with E-state index in [9.17, 15) is 0 Å². The Balaban J connectivity index is 1.09. The Kier molecular flexibility index (Phi) is 8.36. The van der Waals surface area contributed by atoms with Crippen LogP contribution < -0.4 is 0 Å². The van der Waals surface area contributed by atoms with Crippen LogP contribution in [0.1, 0.15) is 22.3 Å². The molecule has 14 rings (SSSR count). The zero-order valence-electron chi connectivity index (χ0n) is 36.4. The largest absolute Gasteiger partial charge is 0.455 e. The third-order valence-electron chi connectivity index (χ3n) is 13.6. The van der Waals surface area contributed by atoms with E-state index < -0.39 is 5.41 Å². The Morgan fingerprint density at radius 1 is 0.294 bits per heavy atom. The summed E-state index contributed by atoms with van der Waals surface area (Å²) in [6, 6.07) is 75.5.